The Balaban J connectivity index is 2.10. The molecule has 0 spiro atoms. The molecule has 0 amide bonds. The zero-order valence-corrected chi connectivity index (χ0v) is 14.9. The fourth-order valence-corrected chi connectivity index (χ4v) is 4.69. The van der Waals surface area contributed by atoms with Crippen molar-refractivity contribution in [2.45, 2.75) is 43.4 Å². The Morgan fingerprint density at radius 3 is 3.00 bits per heavy atom. The summed E-state index contributed by atoms with van der Waals surface area (Å²) in [5, 5.41) is -0.0730. The molecule has 0 saturated carbocycles. The minimum absolute atomic E-state index is 0.0730. The predicted octanol–water partition coefficient (Wildman–Crippen LogP) is 5.38. The highest BCUT2D eigenvalue weighted by molar-refractivity contribution is 9.10. The molecule has 2 heterocycles. The van der Waals surface area contributed by atoms with Gasteiger partial charge in [0, 0.05) is 15.8 Å². The Labute approximate surface area is 137 Å². The van der Waals surface area contributed by atoms with E-state index in [0.717, 1.165) is 22.4 Å². The van der Waals surface area contributed by atoms with Crippen molar-refractivity contribution in [3.05, 3.63) is 28.5 Å². The Bertz CT molecular complexity index is 632. The van der Waals surface area contributed by atoms with Crippen molar-refractivity contribution >= 4 is 50.3 Å². The van der Waals surface area contributed by atoms with Gasteiger partial charge in [0.05, 0.1) is 16.4 Å². The first-order valence-electron chi connectivity index (χ1n) is 6.92. The third-order valence-electron chi connectivity index (χ3n) is 3.89. The number of rotatable bonds is 3. The van der Waals surface area contributed by atoms with Crippen molar-refractivity contribution < 1.29 is 0 Å². The molecular weight excluding hydrogens is 356 g/mol. The molecule has 0 bridgehead atoms. The van der Waals surface area contributed by atoms with Crippen LogP contribution in [0.25, 0.3) is 11.0 Å². The molecule has 3 rings (SSSR count). The first kappa shape index (κ1) is 14.7. The number of thioether (sulfide) groups is 1. The van der Waals surface area contributed by atoms with Crippen LogP contribution in [-0.2, 0) is 6.54 Å². The molecular formula is C15H18BrClN2S. The van der Waals surface area contributed by atoms with Crippen molar-refractivity contribution in [2.75, 3.05) is 5.75 Å². The highest BCUT2D eigenvalue weighted by Gasteiger charge is 2.31. The van der Waals surface area contributed by atoms with Crippen LogP contribution >= 0.6 is 39.3 Å². The van der Waals surface area contributed by atoms with E-state index in [4.69, 9.17) is 16.6 Å². The van der Waals surface area contributed by atoms with Crippen molar-refractivity contribution in [1.29, 1.82) is 0 Å². The van der Waals surface area contributed by atoms with Crippen LogP contribution in [0.15, 0.2) is 22.7 Å². The first-order chi connectivity index (χ1) is 9.48. The number of benzene rings is 1. The van der Waals surface area contributed by atoms with Crippen LogP contribution in [0.1, 0.15) is 37.9 Å². The van der Waals surface area contributed by atoms with Crippen LogP contribution in [0.4, 0.5) is 0 Å². The van der Waals surface area contributed by atoms with Gasteiger partial charge in [-0.05, 0) is 50.6 Å². The summed E-state index contributed by atoms with van der Waals surface area (Å²) in [4.78, 5) is 4.73. The monoisotopic (exact) mass is 372 g/mol. The van der Waals surface area contributed by atoms with Crippen LogP contribution in [0, 0.1) is 0 Å². The minimum Gasteiger partial charge on any atom is -0.325 e. The van der Waals surface area contributed by atoms with E-state index in [1.807, 2.05) is 13.0 Å². The maximum atomic E-state index is 6.35. The van der Waals surface area contributed by atoms with Crippen molar-refractivity contribution in [3.8, 4) is 0 Å². The molecule has 108 valence electrons. The largest absolute Gasteiger partial charge is 0.325 e. The molecule has 2 nitrogen and oxygen atoms in total. The summed E-state index contributed by atoms with van der Waals surface area (Å²) >= 11 is 12.0. The molecule has 2 unspecified atom stereocenters. The topological polar surface area (TPSA) is 17.8 Å². The van der Waals surface area contributed by atoms with Gasteiger partial charge in [-0.15, -0.1) is 11.6 Å². The fraction of sp³-hybridized carbons (Fsp3) is 0.533. The van der Waals surface area contributed by atoms with Gasteiger partial charge in [0.15, 0.2) is 0 Å². The summed E-state index contributed by atoms with van der Waals surface area (Å²) in [7, 11) is 0. The fourth-order valence-electron chi connectivity index (χ4n) is 2.88. The lowest BCUT2D eigenvalue weighted by molar-refractivity contribution is 0.505. The normalized spacial score (nSPS) is 24.4. The molecule has 0 radical (unpaired) electrons. The van der Waals surface area contributed by atoms with Gasteiger partial charge in [-0.2, -0.15) is 11.8 Å². The van der Waals surface area contributed by atoms with E-state index in [0.29, 0.717) is 4.75 Å². The van der Waals surface area contributed by atoms with E-state index >= 15 is 0 Å². The number of halogens is 2. The number of aromatic nitrogens is 2. The minimum atomic E-state index is -0.0730. The van der Waals surface area contributed by atoms with Crippen LogP contribution in [-0.4, -0.2) is 20.1 Å². The summed E-state index contributed by atoms with van der Waals surface area (Å²) in [6.45, 7) is 5.34. The summed E-state index contributed by atoms with van der Waals surface area (Å²) < 4.78 is 3.70. The molecule has 2 atom stereocenters. The SMILES string of the molecule is CC(Cl)c1nc2ccc(Br)cc2n1CC1(C)CCCS1. The van der Waals surface area contributed by atoms with Crippen molar-refractivity contribution in [2.24, 2.45) is 0 Å². The van der Waals surface area contributed by atoms with E-state index < -0.39 is 0 Å². The van der Waals surface area contributed by atoms with Crippen LogP contribution < -0.4 is 0 Å². The quantitative estimate of drug-likeness (QED) is 0.672. The van der Waals surface area contributed by atoms with Gasteiger partial charge in [-0.3, -0.25) is 0 Å². The van der Waals surface area contributed by atoms with Gasteiger partial charge < -0.3 is 4.57 Å². The molecule has 1 aliphatic heterocycles. The van der Waals surface area contributed by atoms with Crippen molar-refractivity contribution in [3.63, 3.8) is 0 Å². The maximum absolute atomic E-state index is 6.35. The highest BCUT2D eigenvalue weighted by atomic mass is 79.9. The van der Waals surface area contributed by atoms with Gasteiger partial charge in [-0.25, -0.2) is 4.98 Å². The second kappa shape index (κ2) is 5.54. The van der Waals surface area contributed by atoms with E-state index in [-0.39, 0.29) is 5.38 Å². The lowest BCUT2D eigenvalue weighted by Gasteiger charge is -2.25. The van der Waals surface area contributed by atoms with Gasteiger partial charge in [-0.1, -0.05) is 15.9 Å². The summed E-state index contributed by atoms with van der Waals surface area (Å²) in [6, 6.07) is 6.24. The molecule has 1 fully saturated rings. The van der Waals surface area contributed by atoms with Gasteiger partial charge in [0.25, 0.3) is 0 Å². The Hall–Kier alpha value is -0.190. The van der Waals surface area contributed by atoms with Gasteiger partial charge >= 0.3 is 0 Å². The van der Waals surface area contributed by atoms with Gasteiger partial charge in [0.2, 0.25) is 0 Å². The third kappa shape index (κ3) is 2.75. The Morgan fingerprint density at radius 1 is 1.55 bits per heavy atom. The molecule has 1 aliphatic rings. The van der Waals surface area contributed by atoms with E-state index in [1.165, 1.54) is 24.1 Å². The lowest BCUT2D eigenvalue weighted by atomic mass is 10.1. The second-order valence-electron chi connectivity index (χ2n) is 5.71. The number of hydrogen-bond acceptors (Lipinski definition) is 2. The predicted molar refractivity (Wildman–Crippen MR) is 91.8 cm³/mol. The van der Waals surface area contributed by atoms with E-state index in [9.17, 15) is 0 Å². The number of nitrogens with zero attached hydrogens (tertiary/aromatic N) is 2. The zero-order valence-electron chi connectivity index (χ0n) is 11.7. The van der Waals surface area contributed by atoms with E-state index in [2.05, 4.69) is 51.3 Å². The molecule has 1 aromatic heterocycles. The zero-order chi connectivity index (χ0) is 14.3. The summed E-state index contributed by atoms with van der Waals surface area (Å²) in [6.07, 6.45) is 2.57. The molecule has 1 saturated heterocycles. The number of alkyl halides is 1. The molecule has 0 N–H and O–H groups in total. The number of fused-ring (bicyclic) bond motifs is 1. The van der Waals surface area contributed by atoms with Crippen molar-refractivity contribution in [1.82, 2.24) is 9.55 Å². The average molecular weight is 374 g/mol. The molecule has 5 heteroatoms. The average Bonchev–Trinajstić information content (AvgIpc) is 2.95. The van der Waals surface area contributed by atoms with Crippen LogP contribution in [0.2, 0.25) is 0 Å². The van der Waals surface area contributed by atoms with E-state index in [1.54, 1.807) is 0 Å². The van der Waals surface area contributed by atoms with Gasteiger partial charge in [0.1, 0.15) is 5.82 Å². The standard InChI is InChI=1S/C15H18BrClN2S/c1-10(17)14-18-12-5-4-11(16)8-13(12)19(14)9-15(2)6-3-7-20-15/h4-5,8,10H,3,6-7,9H2,1-2H3. The Morgan fingerprint density at radius 2 is 2.35 bits per heavy atom. The molecule has 20 heavy (non-hydrogen) atoms. The number of hydrogen-bond donors (Lipinski definition) is 0. The lowest BCUT2D eigenvalue weighted by Crippen LogP contribution is -2.25. The second-order valence-corrected chi connectivity index (χ2v) is 8.96. The highest BCUT2D eigenvalue weighted by Crippen LogP contribution is 2.40. The van der Waals surface area contributed by atoms with Crippen LogP contribution in [0.3, 0.4) is 0 Å². The smallest absolute Gasteiger partial charge is 0.127 e. The van der Waals surface area contributed by atoms with Crippen LogP contribution in [0.5, 0.6) is 0 Å². The first-order valence-corrected chi connectivity index (χ1v) is 9.14. The molecule has 0 aliphatic carbocycles. The molecule has 2 aromatic rings. The summed E-state index contributed by atoms with van der Waals surface area (Å²) in [5.74, 6) is 2.24. The third-order valence-corrected chi connectivity index (χ3v) is 6.10. The summed E-state index contributed by atoms with van der Waals surface area (Å²) in [5.41, 5.74) is 2.21. The Kier molecular flexibility index (Phi) is 4.08. The maximum Gasteiger partial charge on any atom is 0.127 e. The number of imidazole rings is 1. The molecule has 1 aromatic carbocycles.